The van der Waals surface area contributed by atoms with Crippen LogP contribution in [0.15, 0.2) is 36.8 Å². The van der Waals surface area contributed by atoms with Gasteiger partial charge in [-0.1, -0.05) is 6.07 Å². The van der Waals surface area contributed by atoms with Crippen LogP contribution in [0.1, 0.15) is 22.6 Å². The molecule has 0 aliphatic carbocycles. The predicted octanol–water partition coefficient (Wildman–Crippen LogP) is 2.59. The summed E-state index contributed by atoms with van der Waals surface area (Å²) >= 11 is 0. The number of anilines is 1. The molecule has 0 spiro atoms. The molecule has 0 aromatic carbocycles. The van der Waals surface area contributed by atoms with Gasteiger partial charge in [-0.15, -0.1) is 0 Å². The SMILES string of the molecule is Cc1cc(NCc2ccc(-n3nc(C)cc3C)nc2)ncn1. The fraction of sp³-hybridized carbons (Fsp3) is 0.250. The minimum absolute atomic E-state index is 0.668. The Kier molecular flexibility index (Phi) is 3.82. The normalized spacial score (nSPS) is 10.7. The summed E-state index contributed by atoms with van der Waals surface area (Å²) in [4.78, 5) is 12.7. The Labute approximate surface area is 129 Å². The van der Waals surface area contributed by atoms with E-state index in [4.69, 9.17) is 0 Å². The largest absolute Gasteiger partial charge is 0.366 e. The molecule has 6 heteroatoms. The molecule has 0 saturated heterocycles. The van der Waals surface area contributed by atoms with Crippen LogP contribution >= 0.6 is 0 Å². The molecule has 0 aliphatic heterocycles. The van der Waals surface area contributed by atoms with Crippen LogP contribution in [-0.2, 0) is 6.54 Å². The Hall–Kier alpha value is -2.76. The summed E-state index contributed by atoms with van der Waals surface area (Å²) in [6.07, 6.45) is 3.41. The van der Waals surface area contributed by atoms with E-state index in [0.717, 1.165) is 34.3 Å². The van der Waals surface area contributed by atoms with Crippen LogP contribution in [0.25, 0.3) is 5.82 Å². The molecule has 112 valence electrons. The summed E-state index contributed by atoms with van der Waals surface area (Å²) in [6, 6.07) is 7.97. The highest BCUT2D eigenvalue weighted by Gasteiger charge is 2.05. The zero-order chi connectivity index (χ0) is 15.5. The maximum atomic E-state index is 4.48. The van der Waals surface area contributed by atoms with E-state index in [9.17, 15) is 0 Å². The average Bonchev–Trinajstić information content (AvgIpc) is 2.84. The highest BCUT2D eigenvalue weighted by molar-refractivity contribution is 5.36. The minimum atomic E-state index is 0.668. The zero-order valence-corrected chi connectivity index (χ0v) is 12.9. The van der Waals surface area contributed by atoms with E-state index in [1.54, 1.807) is 6.33 Å². The fourth-order valence-electron chi connectivity index (χ4n) is 2.25. The number of aryl methyl sites for hydroxylation is 3. The van der Waals surface area contributed by atoms with Crippen molar-refractivity contribution in [3.05, 3.63) is 59.4 Å². The third-order valence-corrected chi connectivity index (χ3v) is 3.31. The van der Waals surface area contributed by atoms with E-state index in [1.807, 2.05) is 55.9 Å². The second-order valence-electron chi connectivity index (χ2n) is 5.26. The Balaban J connectivity index is 1.70. The van der Waals surface area contributed by atoms with E-state index < -0.39 is 0 Å². The standard InChI is InChI=1S/C16H18N6/c1-11-7-15(20-10-19-11)17-8-14-4-5-16(18-9-14)22-13(3)6-12(2)21-22/h4-7,9-10H,8H2,1-3H3,(H,17,19,20). The zero-order valence-electron chi connectivity index (χ0n) is 12.9. The number of hydrogen-bond donors (Lipinski definition) is 1. The first-order valence-electron chi connectivity index (χ1n) is 7.13. The molecule has 0 radical (unpaired) electrons. The van der Waals surface area contributed by atoms with Crippen LogP contribution in [0.5, 0.6) is 0 Å². The van der Waals surface area contributed by atoms with Gasteiger partial charge in [0.25, 0.3) is 0 Å². The van der Waals surface area contributed by atoms with Crippen LogP contribution < -0.4 is 5.32 Å². The van der Waals surface area contributed by atoms with Crippen molar-refractivity contribution in [2.75, 3.05) is 5.32 Å². The molecule has 3 aromatic rings. The highest BCUT2D eigenvalue weighted by atomic mass is 15.3. The third-order valence-electron chi connectivity index (χ3n) is 3.31. The van der Waals surface area contributed by atoms with Gasteiger partial charge in [-0.2, -0.15) is 5.10 Å². The molecule has 6 nitrogen and oxygen atoms in total. The molecule has 3 rings (SSSR count). The lowest BCUT2D eigenvalue weighted by molar-refractivity contribution is 0.804. The first-order chi connectivity index (χ1) is 10.6. The van der Waals surface area contributed by atoms with Gasteiger partial charge in [0.2, 0.25) is 0 Å². The van der Waals surface area contributed by atoms with Gasteiger partial charge in [0.15, 0.2) is 5.82 Å². The number of pyridine rings is 1. The number of rotatable bonds is 4. The van der Waals surface area contributed by atoms with Crippen molar-refractivity contribution < 1.29 is 0 Å². The van der Waals surface area contributed by atoms with Gasteiger partial charge in [-0.3, -0.25) is 0 Å². The monoisotopic (exact) mass is 294 g/mol. The number of hydrogen-bond acceptors (Lipinski definition) is 5. The molecule has 0 aliphatic rings. The third kappa shape index (κ3) is 3.11. The molecule has 0 saturated carbocycles. The van der Waals surface area contributed by atoms with E-state index in [1.165, 1.54) is 0 Å². The van der Waals surface area contributed by atoms with Crippen LogP contribution in [-0.4, -0.2) is 24.7 Å². The molecular formula is C16H18N6. The van der Waals surface area contributed by atoms with Gasteiger partial charge in [0, 0.05) is 30.2 Å². The van der Waals surface area contributed by atoms with E-state index in [-0.39, 0.29) is 0 Å². The molecule has 3 heterocycles. The average molecular weight is 294 g/mol. The molecule has 22 heavy (non-hydrogen) atoms. The van der Waals surface area contributed by atoms with Crippen LogP contribution in [0.4, 0.5) is 5.82 Å². The quantitative estimate of drug-likeness (QED) is 0.801. The summed E-state index contributed by atoms with van der Waals surface area (Å²) in [5, 5.41) is 7.70. The minimum Gasteiger partial charge on any atom is -0.366 e. The Morgan fingerprint density at radius 2 is 1.86 bits per heavy atom. The Morgan fingerprint density at radius 1 is 1.00 bits per heavy atom. The van der Waals surface area contributed by atoms with E-state index >= 15 is 0 Å². The highest BCUT2D eigenvalue weighted by Crippen LogP contribution is 2.11. The first kappa shape index (κ1) is 14.2. The Bertz CT molecular complexity index is 776. The van der Waals surface area contributed by atoms with Gasteiger partial charge in [-0.05, 0) is 38.5 Å². The van der Waals surface area contributed by atoms with Crippen molar-refractivity contribution in [1.29, 1.82) is 0 Å². The number of aromatic nitrogens is 5. The first-order valence-corrected chi connectivity index (χ1v) is 7.13. The van der Waals surface area contributed by atoms with Crippen LogP contribution in [0.2, 0.25) is 0 Å². The Morgan fingerprint density at radius 3 is 2.50 bits per heavy atom. The summed E-state index contributed by atoms with van der Waals surface area (Å²) in [6.45, 7) is 6.61. The second-order valence-corrected chi connectivity index (χ2v) is 5.26. The van der Waals surface area contributed by atoms with E-state index in [0.29, 0.717) is 6.54 Å². The summed E-state index contributed by atoms with van der Waals surface area (Å²) in [7, 11) is 0. The predicted molar refractivity (Wildman–Crippen MR) is 84.9 cm³/mol. The summed E-state index contributed by atoms with van der Waals surface area (Å²) in [5.74, 6) is 1.64. The lowest BCUT2D eigenvalue weighted by Gasteiger charge is -2.07. The topological polar surface area (TPSA) is 68.5 Å². The van der Waals surface area contributed by atoms with Gasteiger partial charge < -0.3 is 5.32 Å². The van der Waals surface area contributed by atoms with E-state index in [2.05, 4.69) is 25.4 Å². The molecule has 0 fully saturated rings. The van der Waals surface area contributed by atoms with Gasteiger partial charge in [0.05, 0.1) is 5.69 Å². The van der Waals surface area contributed by atoms with Crippen LogP contribution in [0, 0.1) is 20.8 Å². The van der Waals surface area contributed by atoms with Crippen molar-refractivity contribution >= 4 is 5.82 Å². The maximum Gasteiger partial charge on any atom is 0.153 e. The summed E-state index contributed by atoms with van der Waals surface area (Å²) in [5.41, 5.74) is 4.09. The molecule has 0 bridgehead atoms. The lowest BCUT2D eigenvalue weighted by atomic mass is 10.2. The van der Waals surface area contributed by atoms with Crippen LogP contribution in [0.3, 0.4) is 0 Å². The van der Waals surface area contributed by atoms with Crippen molar-refractivity contribution in [3.63, 3.8) is 0 Å². The van der Waals surface area contributed by atoms with Gasteiger partial charge >= 0.3 is 0 Å². The van der Waals surface area contributed by atoms with Crippen molar-refractivity contribution in [2.24, 2.45) is 0 Å². The van der Waals surface area contributed by atoms with Crippen molar-refractivity contribution in [2.45, 2.75) is 27.3 Å². The smallest absolute Gasteiger partial charge is 0.153 e. The molecule has 0 atom stereocenters. The van der Waals surface area contributed by atoms with Crippen molar-refractivity contribution in [3.8, 4) is 5.82 Å². The van der Waals surface area contributed by atoms with Gasteiger partial charge in [0.1, 0.15) is 12.1 Å². The van der Waals surface area contributed by atoms with Crippen molar-refractivity contribution in [1.82, 2.24) is 24.7 Å². The number of nitrogens with zero attached hydrogens (tertiary/aromatic N) is 5. The summed E-state index contributed by atoms with van der Waals surface area (Å²) < 4.78 is 1.85. The lowest BCUT2D eigenvalue weighted by Crippen LogP contribution is -2.05. The molecular weight excluding hydrogens is 276 g/mol. The molecule has 0 unspecified atom stereocenters. The maximum absolute atomic E-state index is 4.48. The fourth-order valence-corrected chi connectivity index (χ4v) is 2.25. The number of nitrogens with one attached hydrogen (secondary N) is 1. The second kappa shape index (κ2) is 5.93. The molecule has 1 N–H and O–H groups in total. The van der Waals surface area contributed by atoms with Gasteiger partial charge in [-0.25, -0.2) is 19.6 Å². The molecule has 3 aromatic heterocycles. The molecule has 0 amide bonds.